The number of rotatable bonds is 4. The van der Waals surface area contributed by atoms with Crippen LogP contribution in [0.15, 0.2) is 29.0 Å². The van der Waals surface area contributed by atoms with Crippen molar-refractivity contribution < 1.29 is 9.90 Å². The number of nitrogens with one attached hydrogen (secondary N) is 1. The Kier molecular flexibility index (Phi) is 3.99. The van der Waals surface area contributed by atoms with Crippen LogP contribution in [0.3, 0.4) is 0 Å². The molecule has 0 unspecified atom stereocenters. The zero-order valence-electron chi connectivity index (χ0n) is 10.6. The number of aromatic nitrogens is 2. The third kappa shape index (κ3) is 3.01. The van der Waals surface area contributed by atoms with Gasteiger partial charge >= 0.3 is 5.97 Å². The summed E-state index contributed by atoms with van der Waals surface area (Å²) in [5.41, 5.74) is 2.06. The van der Waals surface area contributed by atoms with Crippen LogP contribution >= 0.6 is 15.9 Å². The van der Waals surface area contributed by atoms with E-state index in [1.54, 1.807) is 18.5 Å². The standard InChI is InChI=1S/C13H14BrN3O2/c1-7(2)11(13(18)19)17-9-3-4-15-10-5-8(14)6-16-12(9)10/h3-7,11H,1-2H3,(H,15,17)(H,18,19)/t11-/m1/s1. The van der Waals surface area contributed by atoms with Crippen LogP contribution in [0.1, 0.15) is 13.8 Å². The molecule has 2 rings (SSSR count). The fourth-order valence-electron chi connectivity index (χ4n) is 1.80. The van der Waals surface area contributed by atoms with Crippen molar-refractivity contribution in [2.75, 3.05) is 5.32 Å². The highest BCUT2D eigenvalue weighted by molar-refractivity contribution is 9.10. The van der Waals surface area contributed by atoms with Crippen LogP contribution in [-0.2, 0) is 4.79 Å². The summed E-state index contributed by atoms with van der Waals surface area (Å²) in [6.07, 6.45) is 3.30. The van der Waals surface area contributed by atoms with E-state index in [1.807, 2.05) is 19.9 Å². The Morgan fingerprint density at radius 3 is 2.79 bits per heavy atom. The highest BCUT2D eigenvalue weighted by atomic mass is 79.9. The first-order chi connectivity index (χ1) is 8.99. The third-order valence-corrected chi connectivity index (χ3v) is 3.22. The summed E-state index contributed by atoms with van der Waals surface area (Å²) in [5, 5.41) is 12.2. The predicted molar refractivity (Wildman–Crippen MR) is 77.1 cm³/mol. The van der Waals surface area contributed by atoms with Gasteiger partial charge in [0.2, 0.25) is 0 Å². The summed E-state index contributed by atoms with van der Waals surface area (Å²) >= 11 is 3.34. The zero-order valence-corrected chi connectivity index (χ0v) is 12.2. The molecule has 0 aliphatic carbocycles. The second-order valence-electron chi connectivity index (χ2n) is 4.58. The lowest BCUT2D eigenvalue weighted by Gasteiger charge is -2.19. The first-order valence-electron chi connectivity index (χ1n) is 5.88. The maximum atomic E-state index is 11.2. The maximum absolute atomic E-state index is 11.2. The molecule has 2 aromatic rings. The molecule has 0 spiro atoms. The number of carbonyl (C=O) groups is 1. The largest absolute Gasteiger partial charge is 0.480 e. The first-order valence-corrected chi connectivity index (χ1v) is 6.68. The van der Waals surface area contributed by atoms with E-state index in [9.17, 15) is 9.90 Å². The Labute approximate surface area is 119 Å². The molecule has 0 amide bonds. The second-order valence-corrected chi connectivity index (χ2v) is 5.50. The number of halogens is 1. The molecule has 6 heteroatoms. The normalized spacial score (nSPS) is 12.6. The minimum absolute atomic E-state index is 0.0313. The number of nitrogens with zero attached hydrogens (tertiary/aromatic N) is 2. The molecule has 0 radical (unpaired) electrons. The van der Waals surface area contributed by atoms with E-state index >= 15 is 0 Å². The van der Waals surface area contributed by atoms with Gasteiger partial charge in [0.1, 0.15) is 11.6 Å². The lowest BCUT2D eigenvalue weighted by atomic mass is 10.0. The van der Waals surface area contributed by atoms with Gasteiger partial charge in [-0.05, 0) is 34.0 Å². The Balaban J connectivity index is 2.42. The number of anilines is 1. The fourth-order valence-corrected chi connectivity index (χ4v) is 2.12. The van der Waals surface area contributed by atoms with Gasteiger partial charge in [0.15, 0.2) is 0 Å². The van der Waals surface area contributed by atoms with E-state index in [2.05, 4.69) is 31.2 Å². The Hall–Kier alpha value is -1.69. The van der Waals surface area contributed by atoms with Crippen molar-refractivity contribution in [2.45, 2.75) is 19.9 Å². The monoisotopic (exact) mass is 323 g/mol. The zero-order chi connectivity index (χ0) is 14.0. The Morgan fingerprint density at radius 1 is 1.42 bits per heavy atom. The molecule has 100 valence electrons. The SMILES string of the molecule is CC(C)[C@@H](Nc1ccnc2cc(Br)cnc12)C(=O)O. The topological polar surface area (TPSA) is 75.1 Å². The van der Waals surface area contributed by atoms with Crippen molar-refractivity contribution in [3.05, 3.63) is 29.0 Å². The van der Waals surface area contributed by atoms with Crippen LogP contribution in [0.2, 0.25) is 0 Å². The smallest absolute Gasteiger partial charge is 0.326 e. The molecule has 1 atom stereocenters. The summed E-state index contributed by atoms with van der Waals surface area (Å²) in [5.74, 6) is -0.909. The molecule has 0 saturated carbocycles. The van der Waals surface area contributed by atoms with Gasteiger partial charge in [-0.15, -0.1) is 0 Å². The van der Waals surface area contributed by atoms with Gasteiger partial charge in [-0.3, -0.25) is 9.97 Å². The quantitative estimate of drug-likeness (QED) is 0.904. The van der Waals surface area contributed by atoms with Crippen molar-refractivity contribution >= 4 is 38.6 Å². The molecule has 2 heterocycles. The maximum Gasteiger partial charge on any atom is 0.326 e. The first kappa shape index (κ1) is 13.7. The lowest BCUT2D eigenvalue weighted by Crippen LogP contribution is -2.34. The molecule has 0 aromatic carbocycles. The molecule has 2 N–H and O–H groups in total. The number of hydrogen-bond acceptors (Lipinski definition) is 4. The van der Waals surface area contributed by atoms with Crippen LogP contribution in [-0.4, -0.2) is 27.1 Å². The number of carboxylic acids is 1. The molecule has 0 aliphatic rings. The molecule has 0 saturated heterocycles. The third-order valence-electron chi connectivity index (χ3n) is 2.79. The van der Waals surface area contributed by atoms with E-state index in [4.69, 9.17) is 0 Å². The van der Waals surface area contributed by atoms with Crippen molar-refractivity contribution in [1.29, 1.82) is 0 Å². The van der Waals surface area contributed by atoms with Gasteiger partial charge in [0.25, 0.3) is 0 Å². The number of hydrogen-bond donors (Lipinski definition) is 2. The number of pyridine rings is 2. The average Bonchev–Trinajstić information content (AvgIpc) is 2.34. The molecule has 0 aliphatic heterocycles. The van der Waals surface area contributed by atoms with E-state index in [0.29, 0.717) is 16.7 Å². The van der Waals surface area contributed by atoms with Crippen LogP contribution in [0.25, 0.3) is 11.0 Å². The second kappa shape index (κ2) is 5.52. The Morgan fingerprint density at radius 2 is 2.16 bits per heavy atom. The number of aliphatic carboxylic acids is 1. The molecular formula is C13H14BrN3O2. The summed E-state index contributed by atoms with van der Waals surface area (Å²) in [4.78, 5) is 19.7. The van der Waals surface area contributed by atoms with Gasteiger partial charge in [-0.1, -0.05) is 13.8 Å². The number of carboxylic acid groups (broad SMARTS) is 1. The minimum Gasteiger partial charge on any atom is -0.480 e. The van der Waals surface area contributed by atoms with E-state index in [-0.39, 0.29) is 5.92 Å². The number of fused-ring (bicyclic) bond motifs is 1. The Bertz CT molecular complexity index is 616. The highest BCUT2D eigenvalue weighted by Gasteiger charge is 2.22. The van der Waals surface area contributed by atoms with Crippen molar-refractivity contribution in [2.24, 2.45) is 5.92 Å². The predicted octanol–water partition coefficient (Wildman–Crippen LogP) is 2.91. The van der Waals surface area contributed by atoms with E-state index in [0.717, 1.165) is 4.47 Å². The molecule has 19 heavy (non-hydrogen) atoms. The van der Waals surface area contributed by atoms with Crippen LogP contribution in [0.5, 0.6) is 0 Å². The molecule has 5 nitrogen and oxygen atoms in total. The lowest BCUT2D eigenvalue weighted by molar-refractivity contribution is -0.138. The summed E-state index contributed by atoms with van der Waals surface area (Å²) in [6, 6.07) is 2.93. The molecular weight excluding hydrogens is 310 g/mol. The van der Waals surface area contributed by atoms with Gasteiger partial charge < -0.3 is 10.4 Å². The summed E-state index contributed by atoms with van der Waals surface area (Å²) in [6.45, 7) is 3.72. The minimum atomic E-state index is -0.878. The fraction of sp³-hybridized carbons (Fsp3) is 0.308. The molecule has 0 bridgehead atoms. The van der Waals surface area contributed by atoms with Crippen molar-refractivity contribution in [3.63, 3.8) is 0 Å². The molecule has 0 fully saturated rings. The van der Waals surface area contributed by atoms with Crippen LogP contribution < -0.4 is 5.32 Å². The average molecular weight is 324 g/mol. The summed E-state index contributed by atoms with van der Waals surface area (Å²) in [7, 11) is 0. The van der Waals surface area contributed by atoms with Crippen LogP contribution in [0.4, 0.5) is 5.69 Å². The van der Waals surface area contributed by atoms with E-state index in [1.165, 1.54) is 0 Å². The van der Waals surface area contributed by atoms with Crippen molar-refractivity contribution in [3.8, 4) is 0 Å². The van der Waals surface area contributed by atoms with Gasteiger partial charge in [0.05, 0.1) is 11.2 Å². The van der Waals surface area contributed by atoms with Crippen LogP contribution in [0, 0.1) is 5.92 Å². The van der Waals surface area contributed by atoms with Gasteiger partial charge in [-0.2, -0.15) is 0 Å². The van der Waals surface area contributed by atoms with E-state index < -0.39 is 12.0 Å². The molecule has 2 aromatic heterocycles. The highest BCUT2D eigenvalue weighted by Crippen LogP contribution is 2.23. The van der Waals surface area contributed by atoms with Gasteiger partial charge in [-0.25, -0.2) is 4.79 Å². The van der Waals surface area contributed by atoms with Crippen molar-refractivity contribution in [1.82, 2.24) is 9.97 Å². The van der Waals surface area contributed by atoms with Gasteiger partial charge in [0, 0.05) is 16.9 Å². The summed E-state index contributed by atoms with van der Waals surface area (Å²) < 4.78 is 0.836.